The summed E-state index contributed by atoms with van der Waals surface area (Å²) in [6.45, 7) is 4.26. The SMILES string of the molecule is CCOCCC1(CNC(=O)c2ccccc2N)CCCC1.Cl. The lowest BCUT2D eigenvalue weighted by Crippen LogP contribution is -2.37. The summed E-state index contributed by atoms with van der Waals surface area (Å²) in [7, 11) is 0. The molecule has 0 saturated heterocycles. The fourth-order valence-electron chi connectivity index (χ4n) is 3.14. The maximum atomic E-state index is 12.3. The second-order valence-electron chi connectivity index (χ2n) is 5.92. The van der Waals surface area contributed by atoms with E-state index in [2.05, 4.69) is 5.32 Å². The summed E-state index contributed by atoms with van der Waals surface area (Å²) in [5, 5.41) is 3.07. The van der Waals surface area contributed by atoms with E-state index < -0.39 is 0 Å². The lowest BCUT2D eigenvalue weighted by atomic mass is 9.83. The highest BCUT2D eigenvalue weighted by Gasteiger charge is 2.33. The van der Waals surface area contributed by atoms with Gasteiger partial charge in [0.05, 0.1) is 5.56 Å². The Kier molecular flexibility index (Phi) is 7.69. The maximum Gasteiger partial charge on any atom is 0.253 e. The molecular formula is C17H27ClN2O2. The van der Waals surface area contributed by atoms with Crippen LogP contribution in [0.1, 0.15) is 49.4 Å². The van der Waals surface area contributed by atoms with Crippen molar-refractivity contribution in [3.8, 4) is 0 Å². The molecule has 1 aromatic carbocycles. The van der Waals surface area contributed by atoms with Crippen molar-refractivity contribution in [3.63, 3.8) is 0 Å². The molecule has 1 saturated carbocycles. The molecule has 0 heterocycles. The number of carbonyl (C=O) groups is 1. The zero-order valence-corrected chi connectivity index (χ0v) is 14.1. The van der Waals surface area contributed by atoms with Gasteiger partial charge in [-0.3, -0.25) is 4.79 Å². The Morgan fingerprint density at radius 1 is 1.32 bits per heavy atom. The van der Waals surface area contributed by atoms with Gasteiger partial charge in [-0.15, -0.1) is 12.4 Å². The summed E-state index contributed by atoms with van der Waals surface area (Å²) in [6.07, 6.45) is 5.85. The number of amides is 1. The first kappa shape index (κ1) is 18.8. The standard InChI is InChI=1S/C17H26N2O2.ClH/c1-2-21-12-11-17(9-5-6-10-17)13-19-16(20)14-7-3-4-8-15(14)18;/h3-4,7-8H,2,5-6,9-13,18H2,1H3,(H,19,20);1H. The van der Waals surface area contributed by atoms with Crippen LogP contribution in [0.5, 0.6) is 0 Å². The molecule has 1 fully saturated rings. The number of carbonyl (C=O) groups excluding carboxylic acids is 1. The second kappa shape index (κ2) is 9.01. The van der Waals surface area contributed by atoms with Crippen LogP contribution in [0.2, 0.25) is 0 Å². The molecule has 1 amide bonds. The predicted octanol–water partition coefficient (Wildman–Crippen LogP) is 3.41. The van der Waals surface area contributed by atoms with Crippen LogP contribution in [0.15, 0.2) is 24.3 Å². The molecule has 2 rings (SSSR count). The van der Waals surface area contributed by atoms with Gasteiger partial charge >= 0.3 is 0 Å². The Labute approximate surface area is 139 Å². The van der Waals surface area contributed by atoms with Gasteiger partial charge in [0.2, 0.25) is 0 Å². The highest BCUT2D eigenvalue weighted by atomic mass is 35.5. The van der Waals surface area contributed by atoms with E-state index in [0.29, 0.717) is 17.8 Å². The van der Waals surface area contributed by atoms with Crippen molar-refractivity contribution in [2.24, 2.45) is 5.41 Å². The first-order valence-electron chi connectivity index (χ1n) is 7.87. The minimum absolute atomic E-state index is 0. The van der Waals surface area contributed by atoms with E-state index in [1.54, 1.807) is 12.1 Å². The first-order chi connectivity index (χ1) is 10.2. The Hall–Kier alpha value is -1.26. The van der Waals surface area contributed by atoms with Crippen LogP contribution in [-0.4, -0.2) is 25.7 Å². The lowest BCUT2D eigenvalue weighted by molar-refractivity contribution is 0.0863. The number of anilines is 1. The third kappa shape index (κ3) is 4.89. The number of benzene rings is 1. The number of nitrogens with one attached hydrogen (secondary N) is 1. The number of hydrogen-bond donors (Lipinski definition) is 2. The number of ether oxygens (including phenoxy) is 1. The van der Waals surface area contributed by atoms with Gasteiger partial charge in [-0.05, 0) is 43.7 Å². The molecular weight excluding hydrogens is 300 g/mol. The van der Waals surface area contributed by atoms with Crippen molar-refractivity contribution < 1.29 is 9.53 Å². The Bertz CT molecular complexity index is 473. The zero-order valence-electron chi connectivity index (χ0n) is 13.3. The number of halogens is 1. The highest BCUT2D eigenvalue weighted by molar-refractivity contribution is 5.99. The number of para-hydroxylation sites is 1. The quantitative estimate of drug-likeness (QED) is 0.596. The molecule has 0 bridgehead atoms. The number of hydrogen-bond acceptors (Lipinski definition) is 3. The molecule has 0 aliphatic heterocycles. The summed E-state index contributed by atoms with van der Waals surface area (Å²) in [4.78, 5) is 12.3. The molecule has 0 unspecified atom stereocenters. The highest BCUT2D eigenvalue weighted by Crippen LogP contribution is 2.40. The second-order valence-corrected chi connectivity index (χ2v) is 5.92. The van der Waals surface area contributed by atoms with E-state index in [1.165, 1.54) is 25.7 Å². The first-order valence-corrected chi connectivity index (χ1v) is 7.87. The molecule has 5 heteroatoms. The summed E-state index contributed by atoms with van der Waals surface area (Å²) < 4.78 is 5.50. The molecule has 1 aliphatic rings. The molecule has 124 valence electrons. The Morgan fingerprint density at radius 2 is 2.00 bits per heavy atom. The average Bonchev–Trinajstić information content (AvgIpc) is 2.95. The third-order valence-corrected chi connectivity index (χ3v) is 4.47. The zero-order chi connectivity index (χ0) is 15.1. The van der Waals surface area contributed by atoms with Crippen molar-refractivity contribution in [3.05, 3.63) is 29.8 Å². The van der Waals surface area contributed by atoms with E-state index in [9.17, 15) is 4.79 Å². The van der Waals surface area contributed by atoms with Crippen molar-refractivity contribution in [2.75, 3.05) is 25.5 Å². The van der Waals surface area contributed by atoms with Gasteiger partial charge in [0.25, 0.3) is 5.91 Å². The van der Waals surface area contributed by atoms with E-state index >= 15 is 0 Å². The van der Waals surface area contributed by atoms with Crippen LogP contribution in [0, 0.1) is 5.41 Å². The van der Waals surface area contributed by atoms with E-state index in [-0.39, 0.29) is 23.7 Å². The number of nitrogen functional groups attached to an aromatic ring is 1. The number of rotatable bonds is 7. The van der Waals surface area contributed by atoms with Crippen molar-refractivity contribution in [2.45, 2.75) is 39.0 Å². The van der Waals surface area contributed by atoms with Gasteiger partial charge in [0, 0.05) is 25.4 Å². The van der Waals surface area contributed by atoms with Gasteiger partial charge in [0.1, 0.15) is 0 Å². The van der Waals surface area contributed by atoms with Crippen LogP contribution in [-0.2, 0) is 4.74 Å². The molecule has 1 aliphatic carbocycles. The van der Waals surface area contributed by atoms with Gasteiger partial charge in [-0.1, -0.05) is 25.0 Å². The predicted molar refractivity (Wildman–Crippen MR) is 92.4 cm³/mol. The van der Waals surface area contributed by atoms with Gasteiger partial charge < -0.3 is 15.8 Å². The topological polar surface area (TPSA) is 64.3 Å². The monoisotopic (exact) mass is 326 g/mol. The van der Waals surface area contributed by atoms with Crippen molar-refractivity contribution >= 4 is 24.0 Å². The fraction of sp³-hybridized carbons (Fsp3) is 0.588. The third-order valence-electron chi connectivity index (χ3n) is 4.47. The molecule has 0 radical (unpaired) electrons. The van der Waals surface area contributed by atoms with Gasteiger partial charge in [-0.25, -0.2) is 0 Å². The smallest absolute Gasteiger partial charge is 0.253 e. The Balaban J connectivity index is 0.00000242. The maximum absolute atomic E-state index is 12.3. The van der Waals surface area contributed by atoms with Crippen LogP contribution in [0.4, 0.5) is 5.69 Å². The van der Waals surface area contributed by atoms with Gasteiger partial charge in [0.15, 0.2) is 0 Å². The molecule has 0 aromatic heterocycles. The normalized spacial score (nSPS) is 16.0. The summed E-state index contributed by atoms with van der Waals surface area (Å²) >= 11 is 0. The fourth-order valence-corrected chi connectivity index (χ4v) is 3.14. The van der Waals surface area contributed by atoms with Crippen LogP contribution in [0.25, 0.3) is 0 Å². The molecule has 3 N–H and O–H groups in total. The van der Waals surface area contributed by atoms with E-state index in [1.807, 2.05) is 19.1 Å². The molecule has 22 heavy (non-hydrogen) atoms. The van der Waals surface area contributed by atoms with Crippen molar-refractivity contribution in [1.29, 1.82) is 0 Å². The summed E-state index contributed by atoms with van der Waals surface area (Å²) in [6, 6.07) is 7.21. The van der Waals surface area contributed by atoms with Crippen LogP contribution in [0.3, 0.4) is 0 Å². The van der Waals surface area contributed by atoms with Gasteiger partial charge in [-0.2, -0.15) is 0 Å². The molecule has 0 spiro atoms. The van der Waals surface area contributed by atoms with Crippen molar-refractivity contribution in [1.82, 2.24) is 5.32 Å². The van der Waals surface area contributed by atoms with Crippen LogP contribution >= 0.6 is 12.4 Å². The minimum atomic E-state index is -0.0733. The van der Waals surface area contributed by atoms with Crippen LogP contribution < -0.4 is 11.1 Å². The minimum Gasteiger partial charge on any atom is -0.398 e. The summed E-state index contributed by atoms with van der Waals surface area (Å²) in [5.74, 6) is -0.0733. The lowest BCUT2D eigenvalue weighted by Gasteiger charge is -2.29. The van der Waals surface area contributed by atoms with E-state index in [4.69, 9.17) is 10.5 Å². The number of nitrogens with two attached hydrogens (primary N) is 1. The van der Waals surface area contributed by atoms with E-state index in [0.717, 1.165) is 19.6 Å². The largest absolute Gasteiger partial charge is 0.398 e. The molecule has 1 aromatic rings. The summed E-state index contributed by atoms with van der Waals surface area (Å²) in [5.41, 5.74) is 7.16. The molecule has 0 atom stereocenters. The average molecular weight is 327 g/mol. The molecule has 4 nitrogen and oxygen atoms in total. The Morgan fingerprint density at radius 3 is 2.64 bits per heavy atom.